The monoisotopic (exact) mass is 336 g/mol. The Bertz CT molecular complexity index is 875. The smallest absolute Gasteiger partial charge is 0.338 e. The predicted octanol–water partition coefficient (Wildman–Crippen LogP) is 4.86. The van der Waals surface area contributed by atoms with E-state index < -0.39 is 5.97 Å². The molecule has 0 spiro atoms. The molecule has 3 rings (SSSR count). The van der Waals surface area contributed by atoms with Crippen LogP contribution < -0.4 is 4.74 Å². The van der Waals surface area contributed by atoms with Gasteiger partial charge in [-0.05, 0) is 47.0 Å². The van der Waals surface area contributed by atoms with E-state index >= 15 is 0 Å². The van der Waals surface area contributed by atoms with Gasteiger partial charge in [0, 0.05) is 0 Å². The molecular formula is C21H17FO3. The first-order valence-electron chi connectivity index (χ1n) is 7.82. The van der Waals surface area contributed by atoms with Gasteiger partial charge in [-0.3, -0.25) is 0 Å². The van der Waals surface area contributed by atoms with E-state index in [1.807, 2.05) is 30.3 Å². The van der Waals surface area contributed by atoms with Gasteiger partial charge in [0.1, 0.15) is 18.2 Å². The van der Waals surface area contributed by atoms with Crippen LogP contribution in [0, 0.1) is 5.82 Å². The molecular weight excluding hydrogens is 319 g/mol. The summed E-state index contributed by atoms with van der Waals surface area (Å²) in [5.74, 6) is -0.290. The zero-order valence-electron chi connectivity index (χ0n) is 13.7. The van der Waals surface area contributed by atoms with Gasteiger partial charge in [0.2, 0.25) is 0 Å². The molecule has 0 heterocycles. The van der Waals surface area contributed by atoms with Gasteiger partial charge in [-0.1, -0.05) is 42.5 Å². The third kappa shape index (κ3) is 4.23. The van der Waals surface area contributed by atoms with E-state index in [4.69, 9.17) is 9.47 Å². The number of hydrogen-bond acceptors (Lipinski definition) is 3. The summed E-state index contributed by atoms with van der Waals surface area (Å²) in [5.41, 5.74) is 2.71. The molecule has 3 nitrogen and oxygen atoms in total. The maximum atomic E-state index is 13.5. The minimum Gasteiger partial charge on any atom is -0.489 e. The average Bonchev–Trinajstić information content (AvgIpc) is 2.66. The quantitative estimate of drug-likeness (QED) is 0.624. The van der Waals surface area contributed by atoms with E-state index in [2.05, 4.69) is 0 Å². The molecule has 25 heavy (non-hydrogen) atoms. The Morgan fingerprint density at radius 1 is 0.920 bits per heavy atom. The summed E-state index contributed by atoms with van der Waals surface area (Å²) in [6.45, 7) is 0.369. The SMILES string of the molecule is COC(=O)c1cc(OCc2ccccc2)cc(-c2cccc(F)c2)c1. The number of halogens is 1. The van der Waals surface area contributed by atoms with E-state index in [0.29, 0.717) is 29.0 Å². The second kappa shape index (κ2) is 7.62. The summed E-state index contributed by atoms with van der Waals surface area (Å²) in [6, 6.07) is 21.0. The molecule has 3 aromatic rings. The van der Waals surface area contributed by atoms with E-state index in [-0.39, 0.29) is 5.82 Å². The molecule has 0 atom stereocenters. The predicted molar refractivity (Wildman–Crippen MR) is 93.9 cm³/mol. The van der Waals surface area contributed by atoms with Crippen LogP contribution in [0.4, 0.5) is 4.39 Å². The second-order valence-corrected chi connectivity index (χ2v) is 5.52. The fraction of sp³-hybridized carbons (Fsp3) is 0.0952. The van der Waals surface area contributed by atoms with Gasteiger partial charge < -0.3 is 9.47 Å². The van der Waals surface area contributed by atoms with Gasteiger partial charge in [-0.25, -0.2) is 9.18 Å². The number of benzene rings is 3. The van der Waals surface area contributed by atoms with Crippen LogP contribution in [0.3, 0.4) is 0 Å². The van der Waals surface area contributed by atoms with Crippen LogP contribution in [0.15, 0.2) is 72.8 Å². The molecule has 0 aliphatic rings. The number of carbonyl (C=O) groups excluding carboxylic acids is 1. The Balaban J connectivity index is 1.94. The molecule has 0 aromatic heterocycles. The van der Waals surface area contributed by atoms with Crippen molar-refractivity contribution in [3.8, 4) is 16.9 Å². The fourth-order valence-electron chi connectivity index (χ4n) is 2.49. The second-order valence-electron chi connectivity index (χ2n) is 5.52. The lowest BCUT2D eigenvalue weighted by Crippen LogP contribution is -2.03. The Kier molecular flexibility index (Phi) is 5.09. The first-order valence-corrected chi connectivity index (χ1v) is 7.82. The van der Waals surface area contributed by atoms with E-state index in [9.17, 15) is 9.18 Å². The normalized spacial score (nSPS) is 10.3. The third-order valence-electron chi connectivity index (χ3n) is 3.73. The molecule has 0 bridgehead atoms. The minimum absolute atomic E-state index is 0.340. The van der Waals surface area contributed by atoms with E-state index in [1.165, 1.54) is 19.2 Å². The van der Waals surface area contributed by atoms with Crippen LogP contribution in [-0.4, -0.2) is 13.1 Å². The molecule has 0 N–H and O–H groups in total. The van der Waals surface area contributed by atoms with Crippen LogP contribution in [0.1, 0.15) is 15.9 Å². The van der Waals surface area contributed by atoms with Gasteiger partial charge >= 0.3 is 5.97 Å². The van der Waals surface area contributed by atoms with Crippen molar-refractivity contribution in [2.45, 2.75) is 6.61 Å². The van der Waals surface area contributed by atoms with Crippen molar-refractivity contribution in [3.63, 3.8) is 0 Å². The lowest BCUT2D eigenvalue weighted by atomic mass is 10.0. The number of carbonyl (C=O) groups is 1. The lowest BCUT2D eigenvalue weighted by molar-refractivity contribution is 0.0600. The summed E-state index contributed by atoms with van der Waals surface area (Å²) in [4.78, 5) is 11.9. The lowest BCUT2D eigenvalue weighted by Gasteiger charge is -2.11. The summed E-state index contributed by atoms with van der Waals surface area (Å²) < 4.78 is 24.1. The standard InChI is InChI=1S/C21H17FO3/c1-24-21(23)18-10-17(16-8-5-9-19(22)11-16)12-20(13-18)25-14-15-6-3-2-4-7-15/h2-13H,14H2,1H3. The number of hydrogen-bond donors (Lipinski definition) is 0. The number of ether oxygens (including phenoxy) is 2. The number of esters is 1. The molecule has 0 aliphatic heterocycles. The highest BCUT2D eigenvalue weighted by atomic mass is 19.1. The van der Waals surface area contributed by atoms with Crippen molar-refractivity contribution in [3.05, 3.63) is 89.7 Å². The van der Waals surface area contributed by atoms with Crippen molar-refractivity contribution in [1.29, 1.82) is 0 Å². The Hall–Kier alpha value is -3.14. The number of rotatable bonds is 5. The third-order valence-corrected chi connectivity index (χ3v) is 3.73. The highest BCUT2D eigenvalue weighted by molar-refractivity contribution is 5.91. The van der Waals surface area contributed by atoms with Gasteiger partial charge in [0.15, 0.2) is 0 Å². The van der Waals surface area contributed by atoms with Crippen LogP contribution in [0.25, 0.3) is 11.1 Å². The summed E-state index contributed by atoms with van der Waals surface area (Å²) in [5, 5.41) is 0. The van der Waals surface area contributed by atoms with Crippen LogP contribution in [0.2, 0.25) is 0 Å². The van der Waals surface area contributed by atoms with Crippen molar-refractivity contribution < 1.29 is 18.7 Å². The summed E-state index contributed by atoms with van der Waals surface area (Å²) in [7, 11) is 1.32. The first-order chi connectivity index (χ1) is 12.2. The fourth-order valence-corrected chi connectivity index (χ4v) is 2.49. The van der Waals surface area contributed by atoms with Gasteiger partial charge in [-0.15, -0.1) is 0 Å². The molecule has 4 heteroatoms. The molecule has 0 radical (unpaired) electrons. The van der Waals surface area contributed by atoms with Gasteiger partial charge in [-0.2, -0.15) is 0 Å². The van der Waals surface area contributed by atoms with Gasteiger partial charge in [0.05, 0.1) is 12.7 Å². The molecule has 0 amide bonds. The van der Waals surface area contributed by atoms with Crippen molar-refractivity contribution in [2.24, 2.45) is 0 Å². The highest BCUT2D eigenvalue weighted by Crippen LogP contribution is 2.27. The van der Waals surface area contributed by atoms with E-state index in [0.717, 1.165) is 5.56 Å². The minimum atomic E-state index is -0.470. The Morgan fingerprint density at radius 2 is 1.72 bits per heavy atom. The van der Waals surface area contributed by atoms with Crippen molar-refractivity contribution >= 4 is 5.97 Å². The molecule has 0 saturated heterocycles. The molecule has 0 unspecified atom stereocenters. The Labute approximate surface area is 145 Å². The maximum absolute atomic E-state index is 13.5. The maximum Gasteiger partial charge on any atom is 0.338 e. The zero-order chi connectivity index (χ0) is 17.6. The Morgan fingerprint density at radius 3 is 2.44 bits per heavy atom. The topological polar surface area (TPSA) is 35.5 Å². The molecule has 0 saturated carbocycles. The van der Waals surface area contributed by atoms with Crippen LogP contribution in [-0.2, 0) is 11.3 Å². The summed E-state index contributed by atoms with van der Waals surface area (Å²) >= 11 is 0. The van der Waals surface area contributed by atoms with E-state index in [1.54, 1.807) is 30.3 Å². The molecule has 3 aromatic carbocycles. The zero-order valence-corrected chi connectivity index (χ0v) is 13.7. The highest BCUT2D eigenvalue weighted by Gasteiger charge is 2.11. The molecule has 0 aliphatic carbocycles. The summed E-state index contributed by atoms with van der Waals surface area (Å²) in [6.07, 6.45) is 0. The van der Waals surface area contributed by atoms with Crippen LogP contribution in [0.5, 0.6) is 5.75 Å². The molecule has 126 valence electrons. The van der Waals surface area contributed by atoms with Crippen molar-refractivity contribution in [2.75, 3.05) is 7.11 Å². The van der Waals surface area contributed by atoms with Crippen molar-refractivity contribution in [1.82, 2.24) is 0 Å². The first kappa shape index (κ1) is 16.7. The van der Waals surface area contributed by atoms with Gasteiger partial charge in [0.25, 0.3) is 0 Å². The number of methoxy groups -OCH3 is 1. The molecule has 0 fully saturated rings. The average molecular weight is 336 g/mol. The van der Waals surface area contributed by atoms with Crippen LogP contribution >= 0.6 is 0 Å². The largest absolute Gasteiger partial charge is 0.489 e.